The van der Waals surface area contributed by atoms with Crippen molar-refractivity contribution in [2.24, 2.45) is 5.92 Å². The summed E-state index contributed by atoms with van der Waals surface area (Å²) >= 11 is 0. The third-order valence-electron chi connectivity index (χ3n) is 7.65. The number of benzene rings is 2. The first-order valence-corrected chi connectivity index (χ1v) is 13.2. The van der Waals surface area contributed by atoms with Crippen molar-refractivity contribution in [3.8, 4) is 0 Å². The molecule has 0 saturated carbocycles. The Bertz CT molecular complexity index is 1290. The Morgan fingerprint density at radius 1 is 1.06 bits per heavy atom. The van der Waals surface area contributed by atoms with Crippen LogP contribution in [0.25, 0.3) is 16.5 Å². The highest BCUT2D eigenvalue weighted by Crippen LogP contribution is 2.34. The second kappa shape index (κ2) is 10.4. The summed E-state index contributed by atoms with van der Waals surface area (Å²) in [5.74, 6) is 2.07. The molecular formula is C30H37N5O. The molecule has 2 aliphatic rings. The van der Waals surface area contributed by atoms with Crippen LogP contribution in [0.1, 0.15) is 54.7 Å². The summed E-state index contributed by atoms with van der Waals surface area (Å²) in [5.41, 5.74) is 5.96. The zero-order valence-corrected chi connectivity index (χ0v) is 21.9. The standard InChI is InChI=1S/C30H37N5O/c1-20-6-5-7-25(18-20)21(2)31-29-27-19-26(12-13-28(27)32-22(3)33-29)23-8-10-24(11-9-23)30(36)35-16-14-34(4)15-17-35/h5-8,12-13,18-19,21,24H,9-11,14-17H2,1-4H3,(H,31,32,33)/t21-,24?/m0/s1. The molecule has 1 N–H and O–H groups in total. The number of fused-ring (bicyclic) bond motifs is 1. The molecular weight excluding hydrogens is 446 g/mol. The lowest BCUT2D eigenvalue weighted by Crippen LogP contribution is -2.49. The molecule has 5 rings (SSSR count). The van der Waals surface area contributed by atoms with Crippen LogP contribution in [0.2, 0.25) is 0 Å². The van der Waals surface area contributed by atoms with Crippen LogP contribution in [-0.4, -0.2) is 58.9 Å². The first-order chi connectivity index (χ1) is 17.4. The lowest BCUT2D eigenvalue weighted by atomic mass is 9.85. The summed E-state index contributed by atoms with van der Waals surface area (Å²) in [6.45, 7) is 9.87. The van der Waals surface area contributed by atoms with E-state index in [1.165, 1.54) is 22.3 Å². The van der Waals surface area contributed by atoms with Crippen molar-refractivity contribution in [1.29, 1.82) is 0 Å². The van der Waals surface area contributed by atoms with Crippen molar-refractivity contribution >= 4 is 28.2 Å². The minimum absolute atomic E-state index is 0.107. The molecule has 2 heterocycles. The van der Waals surface area contributed by atoms with E-state index in [1.54, 1.807) is 0 Å². The normalized spacial score (nSPS) is 19.7. The largest absolute Gasteiger partial charge is 0.363 e. The molecule has 2 atom stereocenters. The van der Waals surface area contributed by atoms with E-state index in [-0.39, 0.29) is 12.0 Å². The van der Waals surface area contributed by atoms with Gasteiger partial charge in [0, 0.05) is 43.5 Å². The van der Waals surface area contributed by atoms with E-state index < -0.39 is 0 Å². The number of nitrogens with zero attached hydrogens (tertiary/aromatic N) is 4. The van der Waals surface area contributed by atoms with Gasteiger partial charge in [0.25, 0.3) is 0 Å². The van der Waals surface area contributed by atoms with Crippen molar-refractivity contribution in [3.05, 3.63) is 71.1 Å². The fourth-order valence-electron chi connectivity index (χ4n) is 5.39. The van der Waals surface area contributed by atoms with E-state index in [1.807, 2.05) is 6.92 Å². The molecule has 2 aromatic carbocycles. The van der Waals surface area contributed by atoms with Crippen molar-refractivity contribution in [1.82, 2.24) is 19.8 Å². The quantitative estimate of drug-likeness (QED) is 0.528. The van der Waals surface area contributed by atoms with Gasteiger partial charge in [0.1, 0.15) is 11.6 Å². The van der Waals surface area contributed by atoms with Gasteiger partial charge in [-0.3, -0.25) is 4.79 Å². The zero-order valence-electron chi connectivity index (χ0n) is 21.9. The lowest BCUT2D eigenvalue weighted by molar-refractivity contribution is -0.137. The van der Waals surface area contributed by atoms with E-state index in [9.17, 15) is 4.79 Å². The molecule has 1 aliphatic carbocycles. The van der Waals surface area contributed by atoms with Crippen molar-refractivity contribution in [2.75, 3.05) is 38.5 Å². The molecule has 1 saturated heterocycles. The van der Waals surface area contributed by atoms with Gasteiger partial charge in [0.05, 0.1) is 5.52 Å². The van der Waals surface area contributed by atoms with E-state index in [2.05, 4.69) is 89.5 Å². The summed E-state index contributed by atoms with van der Waals surface area (Å²) in [5, 5.41) is 4.67. The van der Waals surface area contributed by atoms with Crippen LogP contribution >= 0.6 is 0 Å². The van der Waals surface area contributed by atoms with Crippen LogP contribution < -0.4 is 5.32 Å². The summed E-state index contributed by atoms with van der Waals surface area (Å²) in [4.78, 5) is 26.9. The van der Waals surface area contributed by atoms with E-state index >= 15 is 0 Å². The van der Waals surface area contributed by atoms with Crippen LogP contribution in [-0.2, 0) is 4.79 Å². The molecule has 0 bridgehead atoms. The molecule has 6 nitrogen and oxygen atoms in total. The van der Waals surface area contributed by atoms with Crippen LogP contribution in [0.15, 0.2) is 48.5 Å². The minimum atomic E-state index is 0.107. The number of likely N-dealkylation sites (N-methyl/N-ethyl adjacent to an activating group) is 1. The average Bonchev–Trinajstić information content (AvgIpc) is 2.88. The summed E-state index contributed by atoms with van der Waals surface area (Å²) in [6, 6.07) is 15.2. The van der Waals surface area contributed by atoms with Crippen molar-refractivity contribution < 1.29 is 4.79 Å². The first-order valence-electron chi connectivity index (χ1n) is 13.2. The number of piperazine rings is 1. The maximum absolute atomic E-state index is 13.0. The number of carbonyl (C=O) groups is 1. The molecule has 0 radical (unpaired) electrons. The van der Waals surface area contributed by atoms with Gasteiger partial charge in [0.2, 0.25) is 5.91 Å². The Morgan fingerprint density at radius 2 is 1.86 bits per heavy atom. The molecule has 1 unspecified atom stereocenters. The first kappa shape index (κ1) is 24.4. The second-order valence-corrected chi connectivity index (χ2v) is 10.5. The van der Waals surface area contributed by atoms with Crippen LogP contribution in [0.5, 0.6) is 0 Å². The number of hydrogen-bond acceptors (Lipinski definition) is 5. The number of anilines is 1. The van der Waals surface area contributed by atoms with Gasteiger partial charge in [-0.2, -0.15) is 0 Å². The van der Waals surface area contributed by atoms with Gasteiger partial charge in [-0.05, 0) is 75.9 Å². The molecule has 188 valence electrons. The monoisotopic (exact) mass is 483 g/mol. The molecule has 1 aromatic heterocycles. The molecule has 1 aliphatic heterocycles. The van der Waals surface area contributed by atoms with Gasteiger partial charge in [-0.25, -0.2) is 9.97 Å². The fourth-order valence-corrected chi connectivity index (χ4v) is 5.39. The second-order valence-electron chi connectivity index (χ2n) is 10.5. The Kier molecular flexibility index (Phi) is 7.06. The van der Waals surface area contributed by atoms with E-state index in [4.69, 9.17) is 4.98 Å². The maximum Gasteiger partial charge on any atom is 0.226 e. The molecule has 3 aromatic rings. The number of amides is 1. The van der Waals surface area contributed by atoms with Gasteiger partial charge < -0.3 is 15.1 Å². The smallest absolute Gasteiger partial charge is 0.226 e. The Balaban J connectivity index is 1.35. The van der Waals surface area contributed by atoms with Gasteiger partial charge in [-0.15, -0.1) is 0 Å². The molecule has 1 fully saturated rings. The number of allylic oxidation sites excluding steroid dienone is 2. The van der Waals surface area contributed by atoms with Crippen molar-refractivity contribution in [3.63, 3.8) is 0 Å². The van der Waals surface area contributed by atoms with Crippen molar-refractivity contribution in [2.45, 2.75) is 46.1 Å². The van der Waals surface area contributed by atoms with Crippen LogP contribution in [0, 0.1) is 19.8 Å². The molecule has 1 amide bonds. The molecule has 36 heavy (non-hydrogen) atoms. The summed E-state index contributed by atoms with van der Waals surface area (Å²) < 4.78 is 0. The number of hydrogen-bond donors (Lipinski definition) is 1. The molecule has 6 heteroatoms. The van der Waals surface area contributed by atoms with Gasteiger partial charge in [0.15, 0.2) is 0 Å². The number of aromatic nitrogens is 2. The van der Waals surface area contributed by atoms with Gasteiger partial charge in [-0.1, -0.05) is 42.0 Å². The summed E-state index contributed by atoms with van der Waals surface area (Å²) in [7, 11) is 2.12. The van der Waals surface area contributed by atoms with E-state index in [0.29, 0.717) is 5.91 Å². The zero-order chi connectivity index (χ0) is 25.2. The minimum Gasteiger partial charge on any atom is -0.363 e. The highest BCUT2D eigenvalue weighted by atomic mass is 16.2. The molecule has 0 spiro atoms. The highest BCUT2D eigenvalue weighted by molar-refractivity contribution is 5.92. The SMILES string of the molecule is Cc1cccc([C@H](C)Nc2nc(C)nc3ccc(C4=CCC(C(=O)N5CCN(C)CC5)CC4)cc23)c1. The number of rotatable bonds is 5. The Morgan fingerprint density at radius 3 is 2.58 bits per heavy atom. The lowest BCUT2D eigenvalue weighted by Gasteiger charge is -2.35. The topological polar surface area (TPSA) is 61.4 Å². The van der Waals surface area contributed by atoms with Gasteiger partial charge >= 0.3 is 0 Å². The van der Waals surface area contributed by atoms with E-state index in [0.717, 1.165) is 68.0 Å². The summed E-state index contributed by atoms with van der Waals surface area (Å²) in [6.07, 6.45) is 4.93. The predicted octanol–water partition coefficient (Wildman–Crippen LogP) is 5.38. The third-order valence-corrected chi connectivity index (χ3v) is 7.65. The highest BCUT2D eigenvalue weighted by Gasteiger charge is 2.28. The number of nitrogens with one attached hydrogen (secondary N) is 1. The number of carbonyl (C=O) groups excluding carboxylic acids is 1. The Labute approximate surface area is 214 Å². The fraction of sp³-hybridized carbons (Fsp3) is 0.433. The third kappa shape index (κ3) is 5.29. The predicted molar refractivity (Wildman–Crippen MR) is 147 cm³/mol. The number of aryl methyl sites for hydroxylation is 2. The van der Waals surface area contributed by atoms with Crippen LogP contribution in [0.4, 0.5) is 5.82 Å². The Hall–Kier alpha value is -3.25. The maximum atomic E-state index is 13.0. The average molecular weight is 484 g/mol. The van der Waals surface area contributed by atoms with Crippen LogP contribution in [0.3, 0.4) is 0 Å².